The first-order valence-corrected chi connectivity index (χ1v) is 8.92. The van der Waals surface area contributed by atoms with Crippen LogP contribution < -0.4 is 10.9 Å². The second-order valence-corrected chi connectivity index (χ2v) is 6.11. The second kappa shape index (κ2) is 10.1. The summed E-state index contributed by atoms with van der Waals surface area (Å²) in [6, 6.07) is 16.5. The van der Waals surface area contributed by atoms with Crippen molar-refractivity contribution >= 4 is 17.8 Å². The number of ether oxygens (including phenoxy) is 1. The van der Waals surface area contributed by atoms with Gasteiger partial charge in [0, 0.05) is 12.0 Å². The van der Waals surface area contributed by atoms with Crippen LogP contribution in [0.1, 0.15) is 41.8 Å². The molecule has 0 saturated carbocycles. The summed E-state index contributed by atoms with van der Waals surface area (Å²) in [5, 5.41) is 0. The topological polar surface area (TPSA) is 84.5 Å². The number of benzene rings is 2. The van der Waals surface area contributed by atoms with Gasteiger partial charge >= 0.3 is 5.97 Å². The van der Waals surface area contributed by atoms with Crippen LogP contribution in [0.3, 0.4) is 0 Å². The zero-order chi connectivity index (χ0) is 19.6. The summed E-state index contributed by atoms with van der Waals surface area (Å²) in [5.74, 6) is -1.51. The summed E-state index contributed by atoms with van der Waals surface area (Å²) >= 11 is 0. The standard InChI is InChI=1S/C21H24N2O4/c1-3-16-9-11-17(12-10-16)13-14-19(24)27-15(2)20(25)22-23-21(26)18-7-5-4-6-8-18/h4-12,15H,3,13-14H2,1-2H3,(H,22,25)(H,23,26)/t15-/m0/s1. The minimum atomic E-state index is -1.00. The summed E-state index contributed by atoms with van der Waals surface area (Å²) in [7, 11) is 0. The molecule has 2 rings (SSSR count). The summed E-state index contributed by atoms with van der Waals surface area (Å²) in [5.41, 5.74) is 7.24. The van der Waals surface area contributed by atoms with E-state index in [1.165, 1.54) is 12.5 Å². The van der Waals surface area contributed by atoms with Crippen molar-refractivity contribution in [3.05, 3.63) is 71.3 Å². The van der Waals surface area contributed by atoms with Crippen LogP contribution in [-0.2, 0) is 27.2 Å². The molecule has 0 spiro atoms. The molecule has 0 radical (unpaired) electrons. The first kappa shape index (κ1) is 20.2. The third kappa shape index (κ3) is 6.58. The number of nitrogens with one attached hydrogen (secondary N) is 2. The van der Waals surface area contributed by atoms with E-state index in [4.69, 9.17) is 4.74 Å². The average Bonchev–Trinajstić information content (AvgIpc) is 2.71. The van der Waals surface area contributed by atoms with Crippen LogP contribution in [0.5, 0.6) is 0 Å². The molecule has 0 saturated heterocycles. The zero-order valence-corrected chi connectivity index (χ0v) is 15.5. The quantitative estimate of drug-likeness (QED) is 0.581. The van der Waals surface area contributed by atoms with Gasteiger partial charge in [-0.05, 0) is 43.0 Å². The molecule has 0 aliphatic carbocycles. The molecule has 0 fully saturated rings. The first-order chi connectivity index (χ1) is 13.0. The molecule has 6 heteroatoms. The lowest BCUT2D eigenvalue weighted by Gasteiger charge is -2.14. The van der Waals surface area contributed by atoms with Gasteiger partial charge in [-0.1, -0.05) is 49.4 Å². The molecule has 0 unspecified atom stereocenters. The van der Waals surface area contributed by atoms with E-state index in [-0.39, 0.29) is 6.42 Å². The molecule has 2 aromatic rings. The van der Waals surface area contributed by atoms with Crippen LogP contribution in [0, 0.1) is 0 Å². The number of carbonyl (C=O) groups is 3. The Morgan fingerprint density at radius 1 is 0.926 bits per heavy atom. The van der Waals surface area contributed by atoms with Crippen LogP contribution in [0.15, 0.2) is 54.6 Å². The van der Waals surface area contributed by atoms with Crippen LogP contribution in [-0.4, -0.2) is 23.9 Å². The van der Waals surface area contributed by atoms with Crippen molar-refractivity contribution in [2.75, 3.05) is 0 Å². The maximum Gasteiger partial charge on any atom is 0.306 e. The second-order valence-electron chi connectivity index (χ2n) is 6.11. The van der Waals surface area contributed by atoms with E-state index >= 15 is 0 Å². The molecule has 2 aromatic carbocycles. The van der Waals surface area contributed by atoms with Crippen molar-refractivity contribution in [1.82, 2.24) is 10.9 Å². The van der Waals surface area contributed by atoms with E-state index < -0.39 is 23.9 Å². The molecule has 0 heterocycles. The molecule has 0 aromatic heterocycles. The highest BCUT2D eigenvalue weighted by Crippen LogP contribution is 2.08. The maximum absolute atomic E-state index is 12.0. The van der Waals surface area contributed by atoms with Gasteiger partial charge in [0.1, 0.15) is 0 Å². The molecule has 0 aliphatic rings. The van der Waals surface area contributed by atoms with Crippen LogP contribution in [0.4, 0.5) is 0 Å². The van der Waals surface area contributed by atoms with Gasteiger partial charge in [-0.25, -0.2) is 0 Å². The summed E-state index contributed by atoms with van der Waals surface area (Å²) in [6.45, 7) is 3.54. The van der Waals surface area contributed by atoms with E-state index in [1.807, 2.05) is 24.3 Å². The predicted molar refractivity (Wildman–Crippen MR) is 102 cm³/mol. The summed E-state index contributed by atoms with van der Waals surface area (Å²) in [4.78, 5) is 35.7. The number of aryl methyl sites for hydroxylation is 2. The van der Waals surface area contributed by atoms with Crippen LogP contribution in [0.25, 0.3) is 0 Å². The highest BCUT2D eigenvalue weighted by Gasteiger charge is 2.18. The number of carbonyl (C=O) groups excluding carboxylic acids is 3. The van der Waals surface area contributed by atoms with Crippen molar-refractivity contribution in [2.45, 2.75) is 39.2 Å². The Morgan fingerprint density at radius 3 is 2.19 bits per heavy atom. The first-order valence-electron chi connectivity index (χ1n) is 8.92. The Kier molecular flexibility index (Phi) is 7.55. The fourth-order valence-electron chi connectivity index (χ4n) is 2.38. The Morgan fingerprint density at radius 2 is 1.56 bits per heavy atom. The molecule has 1 atom stereocenters. The van der Waals surface area contributed by atoms with Crippen molar-refractivity contribution in [3.8, 4) is 0 Å². The molecule has 142 valence electrons. The maximum atomic E-state index is 12.0. The SMILES string of the molecule is CCc1ccc(CCC(=O)O[C@@H](C)C(=O)NNC(=O)c2ccccc2)cc1. The fourth-order valence-corrected chi connectivity index (χ4v) is 2.38. The molecule has 2 N–H and O–H groups in total. The van der Waals surface area contributed by atoms with Gasteiger partial charge < -0.3 is 4.74 Å². The lowest BCUT2D eigenvalue weighted by molar-refractivity contribution is -0.155. The number of amides is 2. The Hall–Kier alpha value is -3.15. The molecule has 27 heavy (non-hydrogen) atoms. The van der Waals surface area contributed by atoms with Crippen molar-refractivity contribution in [3.63, 3.8) is 0 Å². The Balaban J connectivity index is 1.72. The molecule has 0 bridgehead atoms. The largest absolute Gasteiger partial charge is 0.452 e. The average molecular weight is 368 g/mol. The fraction of sp³-hybridized carbons (Fsp3) is 0.286. The molecule has 6 nitrogen and oxygen atoms in total. The number of hydrazine groups is 1. The van der Waals surface area contributed by atoms with Gasteiger partial charge in [0.25, 0.3) is 11.8 Å². The Bertz CT molecular complexity index is 773. The van der Waals surface area contributed by atoms with Gasteiger partial charge in [-0.15, -0.1) is 0 Å². The van der Waals surface area contributed by atoms with Crippen molar-refractivity contribution in [2.24, 2.45) is 0 Å². The number of hydrogen-bond acceptors (Lipinski definition) is 4. The van der Waals surface area contributed by atoms with E-state index in [2.05, 4.69) is 17.8 Å². The minimum absolute atomic E-state index is 0.180. The molecule has 0 aliphatic heterocycles. The van der Waals surface area contributed by atoms with Gasteiger partial charge in [-0.2, -0.15) is 0 Å². The normalized spacial score (nSPS) is 11.3. The number of esters is 1. The van der Waals surface area contributed by atoms with Crippen molar-refractivity contribution < 1.29 is 19.1 Å². The van der Waals surface area contributed by atoms with Gasteiger partial charge in [0.05, 0.1) is 0 Å². The van der Waals surface area contributed by atoms with Gasteiger partial charge in [0.15, 0.2) is 6.10 Å². The van der Waals surface area contributed by atoms with Gasteiger partial charge in [-0.3, -0.25) is 25.2 Å². The third-order valence-electron chi connectivity index (χ3n) is 4.06. The monoisotopic (exact) mass is 368 g/mol. The lowest BCUT2D eigenvalue weighted by Crippen LogP contribution is -2.46. The van der Waals surface area contributed by atoms with E-state index in [0.717, 1.165) is 12.0 Å². The Labute approximate surface area is 158 Å². The third-order valence-corrected chi connectivity index (χ3v) is 4.06. The van der Waals surface area contributed by atoms with Crippen molar-refractivity contribution in [1.29, 1.82) is 0 Å². The van der Waals surface area contributed by atoms with E-state index in [0.29, 0.717) is 12.0 Å². The molecule has 2 amide bonds. The summed E-state index contributed by atoms with van der Waals surface area (Å²) < 4.78 is 5.11. The van der Waals surface area contributed by atoms with Crippen LogP contribution in [0.2, 0.25) is 0 Å². The number of rotatable bonds is 7. The minimum Gasteiger partial charge on any atom is -0.452 e. The predicted octanol–water partition coefficient (Wildman–Crippen LogP) is 2.57. The molecular formula is C21H24N2O4. The summed E-state index contributed by atoms with van der Waals surface area (Å²) in [6.07, 6.45) is 0.688. The van der Waals surface area contributed by atoms with Crippen LogP contribution >= 0.6 is 0 Å². The highest BCUT2D eigenvalue weighted by molar-refractivity contribution is 5.95. The smallest absolute Gasteiger partial charge is 0.306 e. The van der Waals surface area contributed by atoms with E-state index in [9.17, 15) is 14.4 Å². The van der Waals surface area contributed by atoms with E-state index in [1.54, 1.807) is 30.3 Å². The number of hydrogen-bond donors (Lipinski definition) is 2. The molecular weight excluding hydrogens is 344 g/mol. The zero-order valence-electron chi connectivity index (χ0n) is 15.5. The highest BCUT2D eigenvalue weighted by atomic mass is 16.5. The lowest BCUT2D eigenvalue weighted by atomic mass is 10.1. The van der Waals surface area contributed by atoms with Gasteiger partial charge in [0.2, 0.25) is 0 Å².